The Morgan fingerprint density at radius 2 is 2.22 bits per heavy atom. The number of esters is 1. The van der Waals surface area contributed by atoms with Crippen LogP contribution in [-0.2, 0) is 4.74 Å². The first-order valence-corrected chi connectivity index (χ1v) is 7.22. The fourth-order valence-corrected chi connectivity index (χ4v) is 2.76. The van der Waals surface area contributed by atoms with Crippen LogP contribution < -0.4 is 4.90 Å². The van der Waals surface area contributed by atoms with Crippen LogP contribution in [0.1, 0.15) is 36.9 Å². The van der Waals surface area contributed by atoms with Crippen LogP contribution in [0.5, 0.6) is 0 Å². The average molecular weight is 291 g/mol. The van der Waals surface area contributed by atoms with E-state index in [0.29, 0.717) is 10.8 Å². The minimum Gasteiger partial charge on any atom is -0.465 e. The summed E-state index contributed by atoms with van der Waals surface area (Å²) in [6, 6.07) is 0. The Labute approximate surface area is 117 Å². The molecule has 102 valence electrons. The molecule has 0 aliphatic heterocycles. The molecule has 0 aliphatic rings. The van der Waals surface area contributed by atoms with E-state index in [9.17, 15) is 4.79 Å². The van der Waals surface area contributed by atoms with Gasteiger partial charge in [-0.2, -0.15) is 0 Å². The third-order valence-corrected chi connectivity index (χ3v) is 4.31. The van der Waals surface area contributed by atoms with Gasteiger partial charge in [0.15, 0.2) is 15.2 Å². The van der Waals surface area contributed by atoms with Gasteiger partial charge in [0.2, 0.25) is 0 Å². The number of hydrogen-bond donors (Lipinski definition) is 0. The fourth-order valence-electron chi connectivity index (χ4n) is 1.49. The highest BCUT2D eigenvalue weighted by molar-refractivity contribution is 7.18. The number of aromatic nitrogens is 1. The molecule has 0 saturated heterocycles. The lowest BCUT2D eigenvalue weighted by Gasteiger charge is -2.23. The van der Waals surface area contributed by atoms with Crippen LogP contribution in [0.3, 0.4) is 0 Å². The van der Waals surface area contributed by atoms with Crippen molar-refractivity contribution in [1.82, 2.24) is 4.98 Å². The first kappa shape index (κ1) is 15.2. The van der Waals surface area contributed by atoms with Gasteiger partial charge in [-0.15, -0.1) is 0 Å². The van der Waals surface area contributed by atoms with Gasteiger partial charge in [-0.3, -0.25) is 0 Å². The highest BCUT2D eigenvalue weighted by Crippen LogP contribution is 2.30. The molecule has 0 amide bonds. The highest BCUT2D eigenvalue weighted by Gasteiger charge is 2.20. The molecule has 6 heteroatoms. The fraction of sp³-hybridized carbons (Fsp3) is 0.667. The number of thiazole rings is 1. The molecule has 1 aromatic heterocycles. The second-order valence-electron chi connectivity index (χ2n) is 4.16. The number of rotatable bonds is 6. The van der Waals surface area contributed by atoms with Crippen molar-refractivity contribution in [2.45, 2.75) is 27.2 Å². The maximum absolute atomic E-state index is 11.5. The zero-order valence-electron chi connectivity index (χ0n) is 11.2. The molecular weight excluding hydrogens is 272 g/mol. The summed E-state index contributed by atoms with van der Waals surface area (Å²) in [5.74, 6) is 0.151. The van der Waals surface area contributed by atoms with Crippen LogP contribution in [0.25, 0.3) is 0 Å². The molecule has 0 aliphatic carbocycles. The molecular formula is C12H19ClN2O2S. The monoisotopic (exact) mass is 290 g/mol. The predicted octanol–water partition coefficient (Wildman–Crippen LogP) is 3.46. The van der Waals surface area contributed by atoms with Gasteiger partial charge in [-0.1, -0.05) is 43.2 Å². The van der Waals surface area contributed by atoms with E-state index < -0.39 is 5.97 Å². The maximum Gasteiger partial charge on any atom is 0.351 e. The first-order chi connectivity index (χ1) is 8.53. The highest BCUT2D eigenvalue weighted by atomic mass is 35.5. The molecule has 1 aromatic rings. The van der Waals surface area contributed by atoms with Gasteiger partial charge in [0, 0.05) is 13.1 Å². The lowest BCUT2D eigenvalue weighted by atomic mass is 10.1. The van der Waals surface area contributed by atoms with E-state index in [1.807, 2.05) is 0 Å². The second-order valence-corrected chi connectivity index (χ2v) is 5.50. The summed E-state index contributed by atoms with van der Waals surface area (Å²) in [6.07, 6.45) is 1.11. The van der Waals surface area contributed by atoms with Crippen molar-refractivity contribution in [1.29, 1.82) is 0 Å². The van der Waals surface area contributed by atoms with Gasteiger partial charge >= 0.3 is 5.97 Å². The first-order valence-electron chi connectivity index (χ1n) is 6.03. The average Bonchev–Trinajstić information content (AvgIpc) is 2.76. The summed E-state index contributed by atoms with van der Waals surface area (Å²) in [7, 11) is 1.34. The Bertz CT molecular complexity index is 409. The largest absolute Gasteiger partial charge is 0.465 e. The Balaban J connectivity index is 2.90. The van der Waals surface area contributed by atoms with E-state index in [4.69, 9.17) is 11.6 Å². The number of hydrogen-bond acceptors (Lipinski definition) is 5. The number of anilines is 1. The molecule has 1 heterocycles. The van der Waals surface area contributed by atoms with Crippen LogP contribution in [-0.4, -0.2) is 31.2 Å². The minimum atomic E-state index is -0.427. The Hall–Kier alpha value is -0.810. The van der Waals surface area contributed by atoms with Gasteiger partial charge in [-0.25, -0.2) is 9.78 Å². The summed E-state index contributed by atoms with van der Waals surface area (Å²) in [4.78, 5) is 18.2. The van der Waals surface area contributed by atoms with Crippen LogP contribution in [0.15, 0.2) is 0 Å². The van der Waals surface area contributed by atoms with Gasteiger partial charge in [0.05, 0.1) is 7.11 Å². The molecule has 18 heavy (non-hydrogen) atoms. The Morgan fingerprint density at radius 1 is 1.56 bits per heavy atom. The molecule has 0 fully saturated rings. The summed E-state index contributed by atoms with van der Waals surface area (Å²) < 4.78 is 4.67. The minimum absolute atomic E-state index is 0.226. The molecule has 0 bridgehead atoms. The van der Waals surface area contributed by atoms with E-state index in [2.05, 4.69) is 35.4 Å². The molecule has 0 saturated carbocycles. The van der Waals surface area contributed by atoms with Crippen molar-refractivity contribution >= 4 is 34.0 Å². The van der Waals surface area contributed by atoms with Crippen LogP contribution in [0.4, 0.5) is 5.13 Å². The Morgan fingerprint density at radius 3 is 2.72 bits per heavy atom. The zero-order valence-corrected chi connectivity index (χ0v) is 12.8. The quantitative estimate of drug-likeness (QED) is 0.753. The summed E-state index contributed by atoms with van der Waals surface area (Å²) in [5.41, 5.74) is 0. The molecule has 0 aromatic carbocycles. The van der Waals surface area contributed by atoms with Gasteiger partial charge in [0.25, 0.3) is 0 Å². The molecule has 4 nitrogen and oxygen atoms in total. The zero-order chi connectivity index (χ0) is 13.7. The van der Waals surface area contributed by atoms with Crippen LogP contribution in [0.2, 0.25) is 5.15 Å². The number of carbonyl (C=O) groups excluding carboxylic acids is 1. The van der Waals surface area contributed by atoms with Crippen LogP contribution in [0, 0.1) is 5.92 Å². The standard InChI is InChI=1S/C12H19ClN2O2S/c1-5-8(3)7-15(6-2)12-14-10(13)9(18-12)11(16)17-4/h8H,5-7H2,1-4H3. The summed E-state index contributed by atoms with van der Waals surface area (Å²) in [5, 5.41) is 1.01. The van der Waals surface area contributed by atoms with E-state index in [-0.39, 0.29) is 5.15 Å². The number of ether oxygens (including phenoxy) is 1. The van der Waals surface area contributed by atoms with Crippen molar-refractivity contribution in [3.63, 3.8) is 0 Å². The summed E-state index contributed by atoms with van der Waals surface area (Å²) >= 11 is 7.25. The lowest BCUT2D eigenvalue weighted by Crippen LogP contribution is -2.27. The van der Waals surface area contributed by atoms with Crippen molar-refractivity contribution in [3.05, 3.63) is 10.0 Å². The molecule has 1 rings (SSSR count). The SMILES string of the molecule is CCC(C)CN(CC)c1nc(Cl)c(C(=O)OC)s1. The van der Waals surface area contributed by atoms with E-state index in [1.165, 1.54) is 18.4 Å². The van der Waals surface area contributed by atoms with Gasteiger partial charge in [-0.05, 0) is 12.8 Å². The normalized spacial score (nSPS) is 12.3. The van der Waals surface area contributed by atoms with E-state index >= 15 is 0 Å². The number of carbonyl (C=O) groups is 1. The van der Waals surface area contributed by atoms with Gasteiger partial charge < -0.3 is 9.64 Å². The maximum atomic E-state index is 11.5. The van der Waals surface area contributed by atoms with Crippen molar-refractivity contribution in [2.24, 2.45) is 5.92 Å². The lowest BCUT2D eigenvalue weighted by molar-refractivity contribution is 0.0606. The van der Waals surface area contributed by atoms with Crippen molar-refractivity contribution < 1.29 is 9.53 Å². The smallest absolute Gasteiger partial charge is 0.351 e. The molecule has 1 unspecified atom stereocenters. The number of methoxy groups -OCH3 is 1. The molecule has 0 spiro atoms. The Kier molecular flexibility index (Phi) is 5.88. The second kappa shape index (κ2) is 6.95. The third kappa shape index (κ3) is 3.59. The summed E-state index contributed by atoms with van der Waals surface area (Å²) in [6.45, 7) is 8.17. The van der Waals surface area contributed by atoms with Crippen molar-refractivity contribution in [3.8, 4) is 0 Å². The molecule has 1 atom stereocenters. The molecule has 0 N–H and O–H groups in total. The topological polar surface area (TPSA) is 42.4 Å². The number of halogens is 1. The van der Waals surface area contributed by atoms with E-state index in [1.54, 1.807) is 0 Å². The predicted molar refractivity (Wildman–Crippen MR) is 75.8 cm³/mol. The number of nitrogens with zero attached hydrogens (tertiary/aromatic N) is 2. The van der Waals surface area contributed by atoms with Gasteiger partial charge in [0.1, 0.15) is 0 Å². The van der Waals surface area contributed by atoms with Crippen molar-refractivity contribution in [2.75, 3.05) is 25.1 Å². The van der Waals surface area contributed by atoms with E-state index in [0.717, 1.165) is 24.6 Å². The molecule has 0 radical (unpaired) electrons. The van der Waals surface area contributed by atoms with Crippen LogP contribution >= 0.6 is 22.9 Å². The third-order valence-electron chi connectivity index (χ3n) is 2.83.